The molecule has 1 saturated heterocycles. The first-order chi connectivity index (χ1) is 8.17. The summed E-state index contributed by atoms with van der Waals surface area (Å²) in [7, 11) is 0. The maximum Gasteiger partial charge on any atom is 0.224 e. The molecule has 0 aliphatic carbocycles. The largest absolute Gasteiger partial charge is 0.343 e. The predicted octanol–water partition coefficient (Wildman–Crippen LogP) is 2.41. The summed E-state index contributed by atoms with van der Waals surface area (Å²) in [6.45, 7) is 9.32. The van der Waals surface area contributed by atoms with Crippen molar-refractivity contribution >= 4 is 5.91 Å². The zero-order valence-electron chi connectivity index (χ0n) is 11.7. The summed E-state index contributed by atoms with van der Waals surface area (Å²) >= 11 is 0. The number of carbonyl (C=O) groups excluding carboxylic acids is 1. The van der Waals surface area contributed by atoms with Crippen molar-refractivity contribution in [2.24, 2.45) is 5.92 Å². The number of nitrogens with one attached hydrogen (secondary N) is 1. The van der Waals surface area contributed by atoms with E-state index in [1.165, 1.54) is 12.8 Å². The van der Waals surface area contributed by atoms with Crippen molar-refractivity contribution in [3.63, 3.8) is 0 Å². The highest BCUT2D eigenvalue weighted by atomic mass is 16.2. The highest BCUT2D eigenvalue weighted by Gasteiger charge is 2.20. The molecule has 2 atom stereocenters. The van der Waals surface area contributed by atoms with Gasteiger partial charge in [-0.1, -0.05) is 26.7 Å². The molecule has 1 heterocycles. The second-order valence-corrected chi connectivity index (χ2v) is 5.30. The van der Waals surface area contributed by atoms with Crippen molar-refractivity contribution in [2.75, 3.05) is 19.6 Å². The number of hydrogen-bond donors (Lipinski definition) is 1. The van der Waals surface area contributed by atoms with Crippen LogP contribution >= 0.6 is 0 Å². The number of carbonyl (C=O) groups is 1. The van der Waals surface area contributed by atoms with Gasteiger partial charge >= 0.3 is 0 Å². The van der Waals surface area contributed by atoms with Gasteiger partial charge in [-0.2, -0.15) is 0 Å². The Hall–Kier alpha value is -0.570. The monoisotopic (exact) mass is 240 g/mol. The molecule has 1 fully saturated rings. The lowest BCUT2D eigenvalue weighted by atomic mass is 10.0. The van der Waals surface area contributed by atoms with E-state index in [0.29, 0.717) is 24.3 Å². The highest BCUT2D eigenvalue weighted by Crippen LogP contribution is 2.13. The van der Waals surface area contributed by atoms with Gasteiger partial charge < -0.3 is 10.2 Å². The van der Waals surface area contributed by atoms with Crippen molar-refractivity contribution in [2.45, 2.75) is 58.9 Å². The van der Waals surface area contributed by atoms with E-state index < -0.39 is 0 Å². The topological polar surface area (TPSA) is 32.3 Å². The molecule has 1 amide bonds. The Morgan fingerprint density at radius 2 is 2.18 bits per heavy atom. The van der Waals surface area contributed by atoms with Gasteiger partial charge in [0.15, 0.2) is 0 Å². The minimum atomic E-state index is 0.326. The molecular weight excluding hydrogens is 212 g/mol. The first-order valence-corrected chi connectivity index (χ1v) is 7.18. The molecule has 0 radical (unpaired) electrons. The quantitative estimate of drug-likeness (QED) is 0.773. The second-order valence-electron chi connectivity index (χ2n) is 5.30. The number of amides is 1. The van der Waals surface area contributed by atoms with Gasteiger partial charge in [-0.05, 0) is 32.2 Å². The van der Waals surface area contributed by atoms with Gasteiger partial charge in [0.05, 0.1) is 0 Å². The smallest absolute Gasteiger partial charge is 0.224 e. The van der Waals surface area contributed by atoms with Crippen LogP contribution in [0.2, 0.25) is 0 Å². The van der Waals surface area contributed by atoms with E-state index in [1.807, 2.05) is 4.90 Å². The normalized spacial score (nSPS) is 22.2. The van der Waals surface area contributed by atoms with E-state index in [-0.39, 0.29) is 0 Å². The zero-order chi connectivity index (χ0) is 12.7. The third-order valence-corrected chi connectivity index (χ3v) is 3.80. The van der Waals surface area contributed by atoms with Gasteiger partial charge in [-0.25, -0.2) is 0 Å². The first-order valence-electron chi connectivity index (χ1n) is 7.18. The zero-order valence-corrected chi connectivity index (χ0v) is 11.7. The van der Waals surface area contributed by atoms with Gasteiger partial charge in [0.25, 0.3) is 0 Å². The Morgan fingerprint density at radius 1 is 1.41 bits per heavy atom. The molecular formula is C14H28N2O. The number of hydrogen-bond acceptors (Lipinski definition) is 2. The molecule has 1 N–H and O–H groups in total. The minimum absolute atomic E-state index is 0.326. The fourth-order valence-corrected chi connectivity index (χ4v) is 2.35. The summed E-state index contributed by atoms with van der Waals surface area (Å²) in [4.78, 5) is 14.2. The van der Waals surface area contributed by atoms with E-state index in [2.05, 4.69) is 26.1 Å². The molecule has 100 valence electrons. The molecule has 0 spiro atoms. The first kappa shape index (κ1) is 14.5. The van der Waals surface area contributed by atoms with Crippen LogP contribution in [-0.4, -0.2) is 36.5 Å². The molecule has 17 heavy (non-hydrogen) atoms. The molecule has 0 bridgehead atoms. The lowest BCUT2D eigenvalue weighted by Crippen LogP contribution is -2.41. The van der Waals surface area contributed by atoms with E-state index in [9.17, 15) is 4.79 Å². The number of nitrogens with zero attached hydrogens (tertiary/aromatic N) is 1. The molecule has 3 heteroatoms. The van der Waals surface area contributed by atoms with Crippen LogP contribution in [0.25, 0.3) is 0 Å². The molecule has 1 aliphatic rings. The van der Waals surface area contributed by atoms with Crippen LogP contribution in [-0.2, 0) is 4.79 Å². The van der Waals surface area contributed by atoms with Gasteiger partial charge in [-0.15, -0.1) is 0 Å². The van der Waals surface area contributed by atoms with Gasteiger partial charge in [0, 0.05) is 25.6 Å². The Kier molecular flexibility index (Phi) is 6.56. The molecule has 1 aliphatic heterocycles. The third-order valence-electron chi connectivity index (χ3n) is 3.80. The Balaban J connectivity index is 2.36. The molecule has 1 rings (SSSR count). The summed E-state index contributed by atoms with van der Waals surface area (Å²) in [5.41, 5.74) is 0. The Labute approximate surface area is 106 Å². The van der Waals surface area contributed by atoms with Crippen LogP contribution < -0.4 is 5.32 Å². The fourth-order valence-electron chi connectivity index (χ4n) is 2.35. The average Bonchev–Trinajstić information content (AvgIpc) is 2.36. The van der Waals surface area contributed by atoms with Crippen LogP contribution in [0.15, 0.2) is 0 Å². The lowest BCUT2D eigenvalue weighted by molar-refractivity contribution is -0.132. The van der Waals surface area contributed by atoms with E-state index in [1.54, 1.807) is 0 Å². The second kappa shape index (κ2) is 7.70. The molecule has 0 aromatic rings. The molecule has 0 aromatic carbocycles. The minimum Gasteiger partial charge on any atom is -0.343 e. The molecule has 2 unspecified atom stereocenters. The van der Waals surface area contributed by atoms with Crippen LogP contribution in [0.5, 0.6) is 0 Å². The summed E-state index contributed by atoms with van der Waals surface area (Å²) in [6, 6.07) is 0.419. The molecule has 0 saturated carbocycles. The van der Waals surface area contributed by atoms with Gasteiger partial charge in [-0.3, -0.25) is 4.79 Å². The summed E-state index contributed by atoms with van der Waals surface area (Å²) in [5.74, 6) is 0.936. The summed E-state index contributed by atoms with van der Waals surface area (Å²) < 4.78 is 0. The van der Waals surface area contributed by atoms with Crippen LogP contribution in [0.1, 0.15) is 52.9 Å². The SMILES string of the molecule is CCC(C)CN(CC)C(=O)CC1CCCCN1. The van der Waals surface area contributed by atoms with Crippen LogP contribution in [0.4, 0.5) is 0 Å². The fraction of sp³-hybridized carbons (Fsp3) is 0.929. The predicted molar refractivity (Wildman–Crippen MR) is 72.0 cm³/mol. The van der Waals surface area contributed by atoms with Crippen molar-refractivity contribution in [1.82, 2.24) is 10.2 Å². The molecule has 3 nitrogen and oxygen atoms in total. The van der Waals surface area contributed by atoms with Crippen molar-refractivity contribution in [1.29, 1.82) is 0 Å². The van der Waals surface area contributed by atoms with E-state index in [0.717, 1.165) is 32.5 Å². The maximum absolute atomic E-state index is 12.2. The number of rotatable bonds is 6. The van der Waals surface area contributed by atoms with Crippen molar-refractivity contribution < 1.29 is 4.79 Å². The van der Waals surface area contributed by atoms with Gasteiger partial charge in [0.1, 0.15) is 0 Å². The lowest BCUT2D eigenvalue weighted by Gasteiger charge is -2.28. The van der Waals surface area contributed by atoms with Crippen molar-refractivity contribution in [3.05, 3.63) is 0 Å². The third kappa shape index (κ3) is 5.07. The Morgan fingerprint density at radius 3 is 2.71 bits per heavy atom. The number of piperidine rings is 1. The molecule has 0 aromatic heterocycles. The maximum atomic E-state index is 12.2. The Bertz CT molecular complexity index is 224. The summed E-state index contributed by atoms with van der Waals surface area (Å²) in [6.07, 6.45) is 5.51. The average molecular weight is 240 g/mol. The highest BCUT2D eigenvalue weighted by molar-refractivity contribution is 5.76. The summed E-state index contributed by atoms with van der Waals surface area (Å²) in [5, 5.41) is 3.45. The van der Waals surface area contributed by atoms with E-state index >= 15 is 0 Å². The van der Waals surface area contributed by atoms with Crippen molar-refractivity contribution in [3.8, 4) is 0 Å². The van der Waals surface area contributed by atoms with Crippen LogP contribution in [0, 0.1) is 5.92 Å². The van der Waals surface area contributed by atoms with Crippen LogP contribution in [0.3, 0.4) is 0 Å². The standard InChI is InChI=1S/C14H28N2O/c1-4-12(3)11-16(5-2)14(17)10-13-8-6-7-9-15-13/h12-13,15H,4-11H2,1-3H3. The van der Waals surface area contributed by atoms with E-state index in [4.69, 9.17) is 0 Å². The van der Waals surface area contributed by atoms with Gasteiger partial charge in [0.2, 0.25) is 5.91 Å².